The number of aromatic amines is 1. The molecular weight excluding hydrogens is 906 g/mol. The number of halogens is 2. The predicted octanol–water partition coefficient (Wildman–Crippen LogP) is 9.07. The number of sulfonamides is 1. The minimum atomic E-state index is -4.73. The maximum Gasteiger partial charge on any atom is 0.293 e. The maximum absolute atomic E-state index is 16.3. The first-order valence-electron chi connectivity index (χ1n) is 22.1. The van der Waals surface area contributed by atoms with Crippen LogP contribution in [0.25, 0.3) is 16.6 Å². The molecule has 3 aliphatic rings. The van der Waals surface area contributed by atoms with Gasteiger partial charge in [-0.25, -0.2) is 22.5 Å². The van der Waals surface area contributed by atoms with Crippen molar-refractivity contribution in [2.24, 2.45) is 5.41 Å². The zero-order chi connectivity index (χ0) is 47.0. The van der Waals surface area contributed by atoms with Crippen molar-refractivity contribution in [3.63, 3.8) is 0 Å². The van der Waals surface area contributed by atoms with Crippen LogP contribution in [0.2, 0.25) is 5.02 Å². The van der Waals surface area contributed by atoms with Crippen LogP contribution in [0.5, 0.6) is 11.5 Å². The van der Waals surface area contributed by atoms with E-state index in [2.05, 4.69) is 51.1 Å². The van der Waals surface area contributed by atoms with E-state index in [-0.39, 0.29) is 34.3 Å². The van der Waals surface area contributed by atoms with E-state index in [1.807, 2.05) is 28.7 Å². The van der Waals surface area contributed by atoms with Gasteiger partial charge in [-0.15, -0.1) is 0 Å². The van der Waals surface area contributed by atoms with Crippen molar-refractivity contribution in [1.82, 2.24) is 24.5 Å². The number of aromatic nitrogens is 2. The van der Waals surface area contributed by atoms with Crippen LogP contribution >= 0.6 is 18.7 Å². The van der Waals surface area contributed by atoms with Crippen molar-refractivity contribution < 1.29 is 31.8 Å². The molecule has 15 nitrogen and oxygen atoms in total. The lowest BCUT2D eigenvalue weighted by atomic mass is 9.72. The summed E-state index contributed by atoms with van der Waals surface area (Å²) < 4.78 is 64.5. The molecule has 19 heteroatoms. The minimum absolute atomic E-state index is 0.0935. The number of carbonyl (C=O) groups is 1. The summed E-state index contributed by atoms with van der Waals surface area (Å²) in [6, 6.07) is 16.9. The average molecular weight is 961 g/mol. The highest BCUT2D eigenvalue weighted by molar-refractivity contribution is 7.90. The van der Waals surface area contributed by atoms with Gasteiger partial charge in [-0.2, -0.15) is 0 Å². The SMILES string of the molecule is C[C@@H](CN1CCP(C)(=O)CC1)Nc1ccc(S(=O)(=O)NC(=O)c2cc(F)c(N3CCN(CC4=C(c5ccc(Cl)cc5)CC(C)(C)CC4)CC3)cc2Oc2cnc3[nH]ccc3c2)cc1[N+](=O)[O-]. The van der Waals surface area contributed by atoms with E-state index >= 15 is 4.39 Å². The molecule has 4 heterocycles. The molecule has 1 atom stereocenters. The van der Waals surface area contributed by atoms with Crippen molar-refractivity contribution in [3.05, 3.63) is 117 Å². The lowest BCUT2D eigenvalue weighted by molar-refractivity contribution is -0.384. The summed E-state index contributed by atoms with van der Waals surface area (Å²) in [5.41, 5.74) is 4.03. The molecule has 2 fully saturated rings. The van der Waals surface area contributed by atoms with Gasteiger partial charge in [0.15, 0.2) is 0 Å². The van der Waals surface area contributed by atoms with Gasteiger partial charge in [0.05, 0.1) is 34.4 Å². The zero-order valence-electron chi connectivity index (χ0n) is 37.5. The molecule has 0 saturated carbocycles. The molecule has 0 radical (unpaired) electrons. The molecule has 66 heavy (non-hydrogen) atoms. The van der Waals surface area contributed by atoms with Crippen LogP contribution in [0, 0.1) is 21.3 Å². The second kappa shape index (κ2) is 19.1. The number of pyridine rings is 1. The van der Waals surface area contributed by atoms with E-state index in [4.69, 9.17) is 16.3 Å². The molecule has 2 saturated heterocycles. The Balaban J connectivity index is 1.01. The molecule has 0 unspecified atom stereocenters. The van der Waals surface area contributed by atoms with Gasteiger partial charge in [0.2, 0.25) is 0 Å². The molecule has 1 aliphatic carbocycles. The molecule has 0 bridgehead atoms. The molecule has 3 N–H and O–H groups in total. The van der Waals surface area contributed by atoms with Crippen LogP contribution in [-0.4, -0.2) is 116 Å². The van der Waals surface area contributed by atoms with Crippen LogP contribution in [-0.2, 0) is 14.6 Å². The number of nitrogens with one attached hydrogen (secondary N) is 3. The zero-order valence-corrected chi connectivity index (χ0v) is 39.9. The molecular formula is C47H55ClFN8O7PS. The lowest BCUT2D eigenvalue weighted by Crippen LogP contribution is -2.47. The Morgan fingerprint density at radius 2 is 1.76 bits per heavy atom. The number of nitro groups is 1. The number of nitro benzene ring substituents is 1. The number of ether oxygens (including phenoxy) is 1. The van der Waals surface area contributed by atoms with Crippen molar-refractivity contribution in [1.29, 1.82) is 0 Å². The van der Waals surface area contributed by atoms with Crippen LogP contribution in [0.4, 0.5) is 21.5 Å². The summed E-state index contributed by atoms with van der Waals surface area (Å²) in [7, 11) is -6.87. The van der Waals surface area contributed by atoms with Crippen LogP contribution < -0.4 is 19.7 Å². The first-order valence-corrected chi connectivity index (χ1v) is 26.5. The fourth-order valence-corrected chi connectivity index (χ4v) is 11.8. The molecule has 5 aromatic rings. The Labute approximate surface area is 389 Å². The Hall–Kier alpha value is -5.32. The Kier molecular flexibility index (Phi) is 13.7. The Morgan fingerprint density at radius 1 is 1.03 bits per heavy atom. The number of nitrogens with zero attached hydrogens (tertiary/aromatic N) is 5. The van der Waals surface area contributed by atoms with Crippen molar-refractivity contribution in [2.45, 2.75) is 51.0 Å². The number of carbonyl (C=O) groups excluding carboxylic acids is 1. The normalized spacial score (nSPS) is 18.5. The number of piperazine rings is 1. The minimum Gasteiger partial charge on any atom is -0.455 e. The van der Waals surface area contributed by atoms with Crippen LogP contribution in [0.1, 0.15) is 56.0 Å². The third-order valence-corrected chi connectivity index (χ3v) is 16.7. The van der Waals surface area contributed by atoms with Gasteiger partial charge in [-0.3, -0.25) is 19.8 Å². The van der Waals surface area contributed by atoms with Crippen molar-refractivity contribution in [2.75, 3.05) is 81.6 Å². The molecule has 350 valence electrons. The highest BCUT2D eigenvalue weighted by Crippen LogP contribution is 2.44. The number of amides is 1. The molecule has 2 aromatic heterocycles. The number of hydrogen-bond donors (Lipinski definition) is 3. The molecule has 8 rings (SSSR count). The number of anilines is 2. The third kappa shape index (κ3) is 11.1. The first-order chi connectivity index (χ1) is 31.3. The second-order valence-electron chi connectivity index (χ2n) is 18.6. The molecule has 0 spiro atoms. The van der Waals surface area contributed by atoms with Gasteiger partial charge in [0, 0.05) is 99.5 Å². The monoisotopic (exact) mass is 960 g/mol. The predicted molar refractivity (Wildman–Crippen MR) is 258 cm³/mol. The van der Waals surface area contributed by atoms with Gasteiger partial charge in [-0.1, -0.05) is 43.2 Å². The topological polar surface area (TPSA) is 183 Å². The summed E-state index contributed by atoms with van der Waals surface area (Å²) in [6.07, 6.45) is 7.37. The number of hydrogen-bond acceptors (Lipinski definition) is 12. The molecule has 2 aliphatic heterocycles. The standard InChI is InChI=1S/C47H55ClFN8O7PS/c1-31(29-55-19-21-65(4,61)22-20-55)52-41-10-9-37(24-43(41)57(59)60)66(62,63)53-46(58)38-25-40(49)42(26-44(38)64-36-23-33-12-14-50-45(33)51-28-36)56-17-15-54(16-18-56)30-34-11-13-47(2,3)27-39(34)32-5-7-35(48)8-6-32/h5-10,12,14,23-26,28,31,52H,11,13,15-22,27,29-30H2,1-4H3,(H,50,51)(H,53,58)/t31-/m0/s1. The summed E-state index contributed by atoms with van der Waals surface area (Å²) in [4.78, 5) is 38.7. The Bertz CT molecular complexity index is 2840. The highest BCUT2D eigenvalue weighted by atomic mass is 35.5. The van der Waals surface area contributed by atoms with Crippen LogP contribution in [0.3, 0.4) is 0 Å². The van der Waals surface area contributed by atoms with E-state index in [0.29, 0.717) is 74.2 Å². The lowest BCUT2D eigenvalue weighted by Gasteiger charge is -2.39. The molecule has 1 amide bonds. The average Bonchev–Trinajstić information content (AvgIpc) is 3.74. The number of rotatable bonds is 14. The summed E-state index contributed by atoms with van der Waals surface area (Å²) >= 11 is 6.23. The van der Waals surface area contributed by atoms with Crippen molar-refractivity contribution in [3.8, 4) is 11.5 Å². The number of fused-ring (bicyclic) bond motifs is 1. The van der Waals surface area contributed by atoms with E-state index in [0.717, 1.165) is 44.0 Å². The third-order valence-electron chi connectivity index (χ3n) is 12.8. The fraction of sp³-hybridized carbons (Fsp3) is 0.404. The van der Waals surface area contributed by atoms with E-state index in [1.54, 1.807) is 25.0 Å². The van der Waals surface area contributed by atoms with E-state index in [9.17, 15) is 27.9 Å². The fourth-order valence-electron chi connectivity index (χ4n) is 9.03. The van der Waals surface area contributed by atoms with Gasteiger partial charge >= 0.3 is 0 Å². The largest absolute Gasteiger partial charge is 0.455 e. The number of H-pyrrole nitrogens is 1. The highest BCUT2D eigenvalue weighted by Gasteiger charge is 2.32. The van der Waals surface area contributed by atoms with Gasteiger partial charge in [0.25, 0.3) is 21.6 Å². The second-order valence-corrected chi connectivity index (χ2v) is 24.2. The van der Waals surface area contributed by atoms with E-state index in [1.165, 1.54) is 35.0 Å². The number of benzene rings is 3. The summed E-state index contributed by atoms with van der Waals surface area (Å²) in [5.74, 6) is -1.85. The van der Waals surface area contributed by atoms with Gasteiger partial charge in [0.1, 0.15) is 28.7 Å². The maximum atomic E-state index is 16.3. The van der Waals surface area contributed by atoms with E-state index < -0.39 is 50.0 Å². The number of allylic oxidation sites excluding steroid dienone is 1. The first kappa shape index (κ1) is 47.2. The smallest absolute Gasteiger partial charge is 0.293 e. The quantitative estimate of drug-likeness (QED) is 0.0546. The summed E-state index contributed by atoms with van der Waals surface area (Å²) in [6.45, 7) is 13.1. The Morgan fingerprint density at radius 3 is 2.47 bits per heavy atom. The van der Waals surface area contributed by atoms with Gasteiger partial charge in [-0.05, 0) is 91.9 Å². The molecule has 3 aromatic carbocycles. The van der Waals surface area contributed by atoms with Gasteiger partial charge < -0.3 is 29.4 Å². The summed E-state index contributed by atoms with van der Waals surface area (Å²) in [5, 5.41) is 16.7. The van der Waals surface area contributed by atoms with Crippen molar-refractivity contribution >= 4 is 68.3 Å². The van der Waals surface area contributed by atoms with Crippen LogP contribution in [0.15, 0.2) is 89.6 Å².